The van der Waals surface area contributed by atoms with Crippen LogP contribution < -0.4 is 10.1 Å². The van der Waals surface area contributed by atoms with Crippen molar-refractivity contribution in [2.45, 2.75) is 19.3 Å². The average Bonchev–Trinajstić information content (AvgIpc) is 2.68. The summed E-state index contributed by atoms with van der Waals surface area (Å²) in [7, 11) is 1.98. The van der Waals surface area contributed by atoms with Crippen molar-refractivity contribution in [2.75, 3.05) is 26.7 Å². The van der Waals surface area contributed by atoms with Crippen molar-refractivity contribution in [1.82, 2.24) is 15.2 Å². The van der Waals surface area contributed by atoms with Crippen molar-refractivity contribution in [2.24, 2.45) is 5.92 Å². The Morgan fingerprint density at radius 3 is 2.50 bits per heavy atom. The summed E-state index contributed by atoms with van der Waals surface area (Å²) in [4.78, 5) is 18.6. The molecule has 0 atom stereocenters. The van der Waals surface area contributed by atoms with E-state index in [-0.39, 0.29) is 30.7 Å². The molecular weight excluding hydrogens is 421 g/mol. The van der Waals surface area contributed by atoms with E-state index in [2.05, 4.69) is 10.3 Å². The summed E-state index contributed by atoms with van der Waals surface area (Å²) < 4.78 is 5.74. The van der Waals surface area contributed by atoms with Gasteiger partial charge in [-0.05, 0) is 69.1 Å². The van der Waals surface area contributed by atoms with Crippen LogP contribution in [0.4, 0.5) is 0 Å². The van der Waals surface area contributed by atoms with Crippen molar-refractivity contribution in [3.05, 3.63) is 53.3 Å². The number of hydrogen-bond donors (Lipinski definition) is 1. The van der Waals surface area contributed by atoms with E-state index in [1.165, 1.54) is 6.42 Å². The lowest BCUT2D eigenvalue weighted by Crippen LogP contribution is -2.38. The number of pyridine rings is 1. The predicted octanol–water partition coefficient (Wildman–Crippen LogP) is 4.83. The van der Waals surface area contributed by atoms with Gasteiger partial charge in [-0.3, -0.25) is 9.78 Å². The first-order valence-corrected chi connectivity index (χ1v) is 9.36. The summed E-state index contributed by atoms with van der Waals surface area (Å²) in [6.07, 6.45) is 6.60. The highest BCUT2D eigenvalue weighted by Gasteiger charge is 2.23. The molecule has 1 amide bonds. The van der Waals surface area contributed by atoms with Crippen molar-refractivity contribution >= 4 is 42.3 Å². The van der Waals surface area contributed by atoms with Crippen molar-refractivity contribution in [3.63, 3.8) is 0 Å². The van der Waals surface area contributed by atoms with Gasteiger partial charge in [0.05, 0.1) is 5.02 Å². The number of likely N-dealkylation sites (tertiary alicyclic amines) is 1. The highest BCUT2D eigenvalue weighted by molar-refractivity contribution is 6.32. The number of amides is 1. The molecule has 3 rings (SSSR count). The normalized spacial score (nSPS) is 14.0. The fourth-order valence-electron chi connectivity index (χ4n) is 3.21. The first-order valence-electron chi connectivity index (χ1n) is 8.98. The van der Waals surface area contributed by atoms with Crippen molar-refractivity contribution in [3.8, 4) is 11.5 Å². The number of halogens is 3. The second-order valence-electron chi connectivity index (χ2n) is 6.56. The van der Waals surface area contributed by atoms with Gasteiger partial charge >= 0.3 is 0 Å². The number of nitrogens with one attached hydrogen (secondary N) is 1. The first kappa shape index (κ1) is 24.5. The standard InChI is InChI=1S/C20H24ClN3O2.2ClH/c1-22-9-4-15-7-12-24(13-8-15)20(25)16-2-3-19(18(21)14-16)26-17-5-10-23-11-6-17;;/h2-3,5-6,10-11,14-15,22H,4,7-9,12-13H2,1H3;2*1H. The van der Waals surface area contributed by atoms with Gasteiger partial charge in [0.25, 0.3) is 5.91 Å². The predicted molar refractivity (Wildman–Crippen MR) is 117 cm³/mol. The van der Waals surface area contributed by atoms with Crippen LogP contribution in [-0.2, 0) is 0 Å². The van der Waals surface area contributed by atoms with Crippen LogP contribution in [0.5, 0.6) is 11.5 Å². The third kappa shape index (κ3) is 6.52. The molecule has 28 heavy (non-hydrogen) atoms. The largest absolute Gasteiger partial charge is 0.456 e. The van der Waals surface area contributed by atoms with Gasteiger partial charge in [0, 0.05) is 31.0 Å². The van der Waals surface area contributed by atoms with Gasteiger partial charge in [-0.1, -0.05) is 11.6 Å². The molecule has 0 spiro atoms. The molecule has 1 fully saturated rings. The molecule has 0 bridgehead atoms. The Hall–Kier alpha value is -1.53. The summed E-state index contributed by atoms with van der Waals surface area (Å²) in [5.74, 6) is 1.92. The molecule has 8 heteroatoms. The quantitative estimate of drug-likeness (QED) is 0.690. The number of aromatic nitrogens is 1. The Morgan fingerprint density at radius 1 is 1.21 bits per heavy atom. The van der Waals surface area contributed by atoms with E-state index in [9.17, 15) is 4.79 Å². The molecular formula is C20H26Cl3N3O2. The zero-order chi connectivity index (χ0) is 18.4. The van der Waals surface area contributed by atoms with Gasteiger partial charge in [-0.25, -0.2) is 0 Å². The SMILES string of the molecule is CNCCC1CCN(C(=O)c2ccc(Oc3ccncc3)c(Cl)c2)CC1.Cl.Cl. The molecule has 2 heterocycles. The van der Waals surface area contributed by atoms with Gasteiger partial charge in [-0.15, -0.1) is 24.8 Å². The molecule has 1 aromatic carbocycles. The van der Waals surface area contributed by atoms with Gasteiger partial charge in [0.15, 0.2) is 0 Å². The fraction of sp³-hybridized carbons (Fsp3) is 0.400. The van der Waals surface area contributed by atoms with Crippen LogP contribution in [0.25, 0.3) is 0 Å². The Bertz CT molecular complexity index is 739. The Labute approximate surface area is 183 Å². The molecule has 1 aliphatic heterocycles. The highest BCUT2D eigenvalue weighted by atomic mass is 35.5. The number of hydrogen-bond acceptors (Lipinski definition) is 4. The van der Waals surface area contributed by atoms with Crippen LogP contribution in [0.3, 0.4) is 0 Å². The smallest absolute Gasteiger partial charge is 0.253 e. The molecule has 1 aliphatic rings. The molecule has 5 nitrogen and oxygen atoms in total. The van der Waals surface area contributed by atoms with Crippen LogP contribution in [-0.4, -0.2) is 42.5 Å². The third-order valence-corrected chi connectivity index (χ3v) is 5.06. The van der Waals surface area contributed by atoms with Gasteiger partial charge in [0.1, 0.15) is 11.5 Å². The van der Waals surface area contributed by atoms with Crippen LogP contribution in [0.15, 0.2) is 42.7 Å². The Kier molecular flexibility index (Phi) is 10.6. The van der Waals surface area contributed by atoms with E-state index in [0.29, 0.717) is 28.0 Å². The number of ether oxygens (including phenoxy) is 1. The molecule has 2 aromatic rings. The molecule has 0 saturated carbocycles. The maximum absolute atomic E-state index is 12.7. The van der Waals surface area contributed by atoms with E-state index in [1.54, 1.807) is 42.7 Å². The van der Waals surface area contributed by atoms with Crippen LogP contribution in [0, 0.1) is 5.92 Å². The number of carbonyl (C=O) groups is 1. The highest BCUT2D eigenvalue weighted by Crippen LogP contribution is 2.30. The number of rotatable bonds is 6. The van der Waals surface area contributed by atoms with E-state index in [0.717, 1.165) is 32.5 Å². The number of carbonyl (C=O) groups excluding carboxylic acids is 1. The topological polar surface area (TPSA) is 54.5 Å². The monoisotopic (exact) mass is 445 g/mol. The third-order valence-electron chi connectivity index (χ3n) is 4.76. The zero-order valence-electron chi connectivity index (χ0n) is 15.8. The first-order chi connectivity index (χ1) is 12.7. The number of benzene rings is 1. The lowest BCUT2D eigenvalue weighted by Gasteiger charge is -2.32. The minimum Gasteiger partial charge on any atom is -0.456 e. The minimum absolute atomic E-state index is 0. The van der Waals surface area contributed by atoms with Gasteiger partial charge < -0.3 is 15.0 Å². The van der Waals surface area contributed by atoms with Crippen molar-refractivity contribution in [1.29, 1.82) is 0 Å². The van der Waals surface area contributed by atoms with Crippen LogP contribution in [0.2, 0.25) is 5.02 Å². The van der Waals surface area contributed by atoms with Gasteiger partial charge in [0.2, 0.25) is 0 Å². The summed E-state index contributed by atoms with van der Waals surface area (Å²) >= 11 is 6.32. The molecule has 0 aliphatic carbocycles. The van der Waals surface area contributed by atoms with Gasteiger partial charge in [-0.2, -0.15) is 0 Å². The number of piperidine rings is 1. The fourth-order valence-corrected chi connectivity index (χ4v) is 3.42. The molecule has 0 unspecified atom stereocenters. The lowest BCUT2D eigenvalue weighted by molar-refractivity contribution is 0.0687. The number of nitrogens with zero attached hydrogens (tertiary/aromatic N) is 2. The molecule has 1 aromatic heterocycles. The van der Waals surface area contributed by atoms with E-state index >= 15 is 0 Å². The molecule has 154 valence electrons. The second kappa shape index (κ2) is 12.1. The minimum atomic E-state index is 0. The van der Waals surface area contributed by atoms with Crippen molar-refractivity contribution < 1.29 is 9.53 Å². The average molecular weight is 447 g/mol. The maximum atomic E-state index is 12.7. The summed E-state index contributed by atoms with van der Waals surface area (Å²) in [6, 6.07) is 8.72. The molecule has 1 saturated heterocycles. The maximum Gasteiger partial charge on any atom is 0.253 e. The second-order valence-corrected chi connectivity index (χ2v) is 6.97. The van der Waals surface area contributed by atoms with E-state index in [1.807, 2.05) is 11.9 Å². The molecule has 0 radical (unpaired) electrons. The van der Waals surface area contributed by atoms with E-state index in [4.69, 9.17) is 16.3 Å². The Balaban J connectivity index is 0.00000196. The zero-order valence-corrected chi connectivity index (χ0v) is 18.2. The van der Waals surface area contributed by atoms with E-state index < -0.39 is 0 Å². The summed E-state index contributed by atoms with van der Waals surface area (Å²) in [5, 5.41) is 3.62. The Morgan fingerprint density at radius 2 is 1.89 bits per heavy atom. The van der Waals surface area contributed by atoms with Crippen LogP contribution >= 0.6 is 36.4 Å². The van der Waals surface area contributed by atoms with Crippen LogP contribution in [0.1, 0.15) is 29.6 Å². The molecule has 1 N–H and O–H groups in total. The summed E-state index contributed by atoms with van der Waals surface area (Å²) in [5.41, 5.74) is 0.603. The summed E-state index contributed by atoms with van der Waals surface area (Å²) in [6.45, 7) is 2.65. The lowest BCUT2D eigenvalue weighted by atomic mass is 9.93.